The Morgan fingerprint density at radius 3 is 1.67 bits per heavy atom. The van der Waals surface area contributed by atoms with Crippen molar-refractivity contribution in [1.29, 1.82) is 0 Å². The standard InChI is InChI=1S/C14H20.C10H15B.C2H6/c1-13(2)9-10-14(3,4)12-8-6-5-7-11(12)13;1-8(7-11)4-5-9-6-10(9,2)3;1-2/h5-8H,9-10H2,1-4H3;4-5,7,9H,6H2,1-3H3;1-2H3. The first-order valence-corrected chi connectivity index (χ1v) is 10.7. The zero-order valence-corrected chi connectivity index (χ0v) is 19.3. The van der Waals surface area contributed by atoms with Crippen molar-refractivity contribution in [2.45, 2.75) is 92.4 Å². The van der Waals surface area contributed by atoms with Crippen LogP contribution in [0.15, 0.2) is 48.0 Å². The maximum atomic E-state index is 5.33. The van der Waals surface area contributed by atoms with Crippen LogP contribution < -0.4 is 0 Å². The SMILES string of the molecule is CC.CC1(C)CCC(C)(C)c2ccccc21.[B]C=C(C)C=CC1CC1(C)C. The molecule has 1 saturated carbocycles. The quantitative estimate of drug-likeness (QED) is 0.372. The highest BCUT2D eigenvalue weighted by molar-refractivity contribution is 6.17. The van der Waals surface area contributed by atoms with E-state index in [4.69, 9.17) is 7.85 Å². The van der Waals surface area contributed by atoms with Crippen molar-refractivity contribution in [3.8, 4) is 0 Å². The maximum absolute atomic E-state index is 5.33. The Bertz CT molecular complexity index is 624. The molecule has 2 aliphatic carbocycles. The highest BCUT2D eigenvalue weighted by Gasteiger charge is 2.43. The number of hydrogen-bond acceptors (Lipinski definition) is 0. The van der Waals surface area contributed by atoms with Crippen LogP contribution in [0.1, 0.15) is 92.7 Å². The summed E-state index contributed by atoms with van der Waals surface area (Å²) >= 11 is 0. The van der Waals surface area contributed by atoms with Gasteiger partial charge in [0.1, 0.15) is 7.85 Å². The summed E-state index contributed by atoms with van der Waals surface area (Å²) in [6, 6.07) is 8.94. The summed E-state index contributed by atoms with van der Waals surface area (Å²) in [5.74, 6) is 2.42. The maximum Gasteiger partial charge on any atom is 0.103 e. The fourth-order valence-corrected chi connectivity index (χ4v) is 3.72. The van der Waals surface area contributed by atoms with Crippen molar-refractivity contribution in [3.05, 3.63) is 59.1 Å². The van der Waals surface area contributed by atoms with Gasteiger partial charge in [0.15, 0.2) is 0 Å². The lowest BCUT2D eigenvalue weighted by atomic mass is 9.63. The summed E-state index contributed by atoms with van der Waals surface area (Å²) in [4.78, 5) is 0. The van der Waals surface area contributed by atoms with Gasteiger partial charge in [-0.2, -0.15) is 0 Å². The predicted octanol–water partition coefficient (Wildman–Crippen LogP) is 7.72. The van der Waals surface area contributed by atoms with Gasteiger partial charge in [-0.3, -0.25) is 0 Å². The van der Waals surface area contributed by atoms with E-state index >= 15 is 0 Å². The van der Waals surface area contributed by atoms with Gasteiger partial charge in [-0.05, 0) is 59.5 Å². The van der Waals surface area contributed by atoms with Crippen LogP contribution in [-0.2, 0) is 10.8 Å². The van der Waals surface area contributed by atoms with Gasteiger partial charge in [0.05, 0.1) is 0 Å². The molecule has 0 N–H and O–H groups in total. The summed E-state index contributed by atoms with van der Waals surface area (Å²) in [6.07, 6.45) is 8.30. The zero-order valence-electron chi connectivity index (χ0n) is 19.3. The largest absolute Gasteiger partial charge is 0.129 e. The molecule has 27 heavy (non-hydrogen) atoms. The van der Waals surface area contributed by atoms with E-state index in [9.17, 15) is 0 Å². The van der Waals surface area contributed by atoms with Gasteiger partial charge < -0.3 is 0 Å². The molecule has 1 aromatic rings. The average molecular weight is 364 g/mol. The first-order chi connectivity index (χ1) is 12.5. The molecular weight excluding hydrogens is 323 g/mol. The van der Waals surface area contributed by atoms with Gasteiger partial charge >= 0.3 is 0 Å². The van der Waals surface area contributed by atoms with E-state index in [0.29, 0.717) is 16.2 Å². The van der Waals surface area contributed by atoms with Crippen molar-refractivity contribution < 1.29 is 0 Å². The number of allylic oxidation sites excluding steroid dienone is 3. The minimum atomic E-state index is 0.367. The molecule has 0 heterocycles. The number of hydrogen-bond donors (Lipinski definition) is 0. The van der Waals surface area contributed by atoms with E-state index in [1.54, 1.807) is 17.1 Å². The van der Waals surface area contributed by atoms with Crippen LogP contribution in [0.5, 0.6) is 0 Å². The lowest BCUT2D eigenvalue weighted by Crippen LogP contribution is -2.33. The molecule has 2 radical (unpaired) electrons. The zero-order chi connectivity index (χ0) is 20.9. The minimum absolute atomic E-state index is 0.367. The highest BCUT2D eigenvalue weighted by Crippen LogP contribution is 2.52. The van der Waals surface area contributed by atoms with Crippen LogP contribution >= 0.6 is 0 Å². The van der Waals surface area contributed by atoms with Crippen molar-refractivity contribution >= 4 is 7.85 Å². The Morgan fingerprint density at radius 2 is 1.33 bits per heavy atom. The third-order valence-corrected chi connectivity index (χ3v) is 6.20. The lowest BCUT2D eigenvalue weighted by molar-refractivity contribution is 0.332. The van der Waals surface area contributed by atoms with Crippen molar-refractivity contribution in [2.75, 3.05) is 0 Å². The summed E-state index contributed by atoms with van der Waals surface area (Å²) in [7, 11) is 5.33. The second kappa shape index (κ2) is 9.31. The molecule has 0 bridgehead atoms. The summed E-state index contributed by atoms with van der Waals surface area (Å²) in [5, 5.41) is 0. The molecule has 2 aliphatic rings. The van der Waals surface area contributed by atoms with E-state index in [0.717, 1.165) is 11.5 Å². The van der Waals surface area contributed by atoms with E-state index in [1.165, 1.54) is 19.3 Å². The Balaban J connectivity index is 0.000000254. The molecule has 1 aromatic carbocycles. The Kier molecular flexibility index (Phi) is 8.21. The predicted molar refractivity (Wildman–Crippen MR) is 124 cm³/mol. The number of fused-ring (bicyclic) bond motifs is 1. The summed E-state index contributed by atoms with van der Waals surface area (Å²) < 4.78 is 0. The molecule has 0 spiro atoms. The van der Waals surface area contributed by atoms with E-state index in [-0.39, 0.29) is 0 Å². The van der Waals surface area contributed by atoms with Gasteiger partial charge in [-0.25, -0.2) is 0 Å². The van der Waals surface area contributed by atoms with Crippen molar-refractivity contribution in [2.24, 2.45) is 11.3 Å². The minimum Gasteiger partial charge on any atom is -0.129 e. The summed E-state index contributed by atoms with van der Waals surface area (Å²) in [5.41, 5.74) is 5.53. The number of benzene rings is 1. The van der Waals surface area contributed by atoms with Gasteiger partial charge in [-0.15, -0.1) is 5.98 Å². The molecule has 0 aromatic heterocycles. The smallest absolute Gasteiger partial charge is 0.103 e. The van der Waals surface area contributed by atoms with Crippen LogP contribution in [0.4, 0.5) is 0 Å². The fraction of sp³-hybridized carbons (Fsp3) is 0.615. The molecule has 1 atom stereocenters. The van der Waals surface area contributed by atoms with Crippen LogP contribution in [-0.4, -0.2) is 7.85 Å². The fourth-order valence-electron chi connectivity index (χ4n) is 3.72. The van der Waals surface area contributed by atoms with Gasteiger partial charge in [0.25, 0.3) is 0 Å². The van der Waals surface area contributed by atoms with E-state index in [2.05, 4.69) is 78.0 Å². The second-order valence-electron chi connectivity index (χ2n) is 9.88. The number of rotatable bonds is 2. The molecule has 0 nitrogen and oxygen atoms in total. The van der Waals surface area contributed by atoms with E-state index in [1.807, 2.05) is 20.8 Å². The molecule has 3 rings (SSSR count). The molecule has 1 unspecified atom stereocenters. The van der Waals surface area contributed by atoms with Crippen LogP contribution in [0.3, 0.4) is 0 Å². The molecule has 0 saturated heterocycles. The summed E-state index contributed by atoms with van der Waals surface area (Å²) in [6.45, 7) is 20.1. The average Bonchev–Trinajstić information content (AvgIpc) is 3.26. The monoisotopic (exact) mass is 364 g/mol. The molecule has 0 amide bonds. The van der Waals surface area contributed by atoms with Crippen LogP contribution in [0, 0.1) is 11.3 Å². The molecular formula is C26H41B. The highest BCUT2D eigenvalue weighted by atomic mass is 14.5. The Morgan fingerprint density at radius 1 is 0.926 bits per heavy atom. The molecule has 1 heteroatoms. The van der Waals surface area contributed by atoms with Crippen LogP contribution in [0.25, 0.3) is 0 Å². The second-order valence-corrected chi connectivity index (χ2v) is 9.88. The molecule has 1 fully saturated rings. The first kappa shape index (κ1) is 23.8. The van der Waals surface area contributed by atoms with Gasteiger partial charge in [0, 0.05) is 0 Å². The van der Waals surface area contributed by atoms with Crippen molar-refractivity contribution in [1.82, 2.24) is 0 Å². The molecule has 0 aliphatic heterocycles. The Labute approximate surface area is 171 Å². The van der Waals surface area contributed by atoms with Crippen LogP contribution in [0.2, 0.25) is 0 Å². The van der Waals surface area contributed by atoms with Gasteiger partial charge in [-0.1, -0.05) is 97.4 Å². The lowest BCUT2D eigenvalue weighted by Gasteiger charge is -2.41. The van der Waals surface area contributed by atoms with Crippen molar-refractivity contribution in [3.63, 3.8) is 0 Å². The topological polar surface area (TPSA) is 0 Å². The normalized spacial score (nSPS) is 24.0. The van der Waals surface area contributed by atoms with E-state index < -0.39 is 0 Å². The third-order valence-electron chi connectivity index (χ3n) is 6.20. The Hall–Kier alpha value is -1.24. The third kappa shape index (κ3) is 6.40. The van der Waals surface area contributed by atoms with Gasteiger partial charge in [0.2, 0.25) is 0 Å². The first-order valence-electron chi connectivity index (χ1n) is 10.7. The molecule has 148 valence electrons.